The van der Waals surface area contributed by atoms with Crippen LogP contribution in [-0.2, 0) is 0 Å². The van der Waals surface area contributed by atoms with Crippen molar-refractivity contribution in [2.75, 3.05) is 13.1 Å². The quantitative estimate of drug-likeness (QED) is 0.758. The van der Waals surface area contributed by atoms with Crippen molar-refractivity contribution in [3.63, 3.8) is 0 Å². The predicted molar refractivity (Wildman–Crippen MR) is 55.4 cm³/mol. The summed E-state index contributed by atoms with van der Waals surface area (Å²) in [6.45, 7) is 2.20. The molecule has 1 nitrogen and oxygen atoms in total. The molecule has 0 spiro atoms. The molecule has 1 heterocycles. The van der Waals surface area contributed by atoms with Gasteiger partial charge in [0.1, 0.15) is 5.82 Å². The van der Waals surface area contributed by atoms with Gasteiger partial charge in [-0.2, -0.15) is 0 Å². The summed E-state index contributed by atoms with van der Waals surface area (Å²) in [5, 5.41) is 3.33. The molecular weight excluding hydrogens is 177 g/mol. The summed E-state index contributed by atoms with van der Waals surface area (Å²) in [7, 11) is 0. The Morgan fingerprint density at radius 2 is 1.79 bits per heavy atom. The van der Waals surface area contributed by atoms with E-state index < -0.39 is 0 Å². The van der Waals surface area contributed by atoms with Crippen molar-refractivity contribution in [2.24, 2.45) is 5.92 Å². The van der Waals surface area contributed by atoms with E-state index >= 15 is 0 Å². The molecule has 0 bridgehead atoms. The van der Waals surface area contributed by atoms with Gasteiger partial charge in [0, 0.05) is 0 Å². The summed E-state index contributed by atoms with van der Waals surface area (Å²) in [6, 6.07) is 6.73. The van der Waals surface area contributed by atoms with Crippen LogP contribution in [0.5, 0.6) is 0 Å². The molecule has 2 rings (SSSR count). The Balaban J connectivity index is 1.92. The topological polar surface area (TPSA) is 12.0 Å². The third kappa shape index (κ3) is 2.55. The fraction of sp³-hybridized carbons (Fsp3) is 0.417. The molecule has 1 saturated heterocycles. The lowest BCUT2D eigenvalue weighted by atomic mass is 9.91. The molecule has 1 aliphatic heterocycles. The number of piperidine rings is 1. The monoisotopic (exact) mass is 192 g/mol. The highest BCUT2D eigenvalue weighted by molar-refractivity contribution is 5.24. The maximum absolute atomic E-state index is 12.6. The SMILES string of the molecule is Fc1ccc([CH]C2CCNCC2)cc1. The zero-order valence-electron chi connectivity index (χ0n) is 8.17. The van der Waals surface area contributed by atoms with Crippen LogP contribution in [0.15, 0.2) is 24.3 Å². The maximum atomic E-state index is 12.6. The molecule has 0 saturated carbocycles. The molecular formula is C12H15FN. The van der Waals surface area contributed by atoms with E-state index in [1.165, 1.54) is 25.0 Å². The molecule has 0 unspecified atom stereocenters. The summed E-state index contributed by atoms with van der Waals surface area (Å²) in [5.74, 6) is 0.495. The van der Waals surface area contributed by atoms with Crippen LogP contribution in [0, 0.1) is 18.2 Å². The molecule has 1 fully saturated rings. The standard InChI is InChI=1S/C12H15FN/c13-12-3-1-10(2-4-12)9-11-5-7-14-8-6-11/h1-4,9,11,14H,5-8H2. The molecule has 0 aliphatic carbocycles. The largest absolute Gasteiger partial charge is 0.317 e. The van der Waals surface area contributed by atoms with Crippen LogP contribution in [0.1, 0.15) is 18.4 Å². The Bertz CT molecular complexity index is 275. The van der Waals surface area contributed by atoms with E-state index in [0.717, 1.165) is 18.7 Å². The highest BCUT2D eigenvalue weighted by atomic mass is 19.1. The first-order valence-corrected chi connectivity index (χ1v) is 5.16. The molecule has 1 aliphatic rings. The van der Waals surface area contributed by atoms with Crippen LogP contribution in [0.2, 0.25) is 0 Å². The minimum atomic E-state index is -0.160. The third-order valence-electron chi connectivity index (χ3n) is 2.68. The van der Waals surface area contributed by atoms with Crippen molar-refractivity contribution in [1.82, 2.24) is 5.32 Å². The first-order valence-electron chi connectivity index (χ1n) is 5.16. The molecule has 0 aromatic heterocycles. The summed E-state index contributed by atoms with van der Waals surface area (Å²) >= 11 is 0. The Morgan fingerprint density at radius 1 is 1.14 bits per heavy atom. The van der Waals surface area contributed by atoms with Crippen LogP contribution >= 0.6 is 0 Å². The van der Waals surface area contributed by atoms with Gasteiger partial charge in [0.2, 0.25) is 0 Å². The Hall–Kier alpha value is -0.890. The fourth-order valence-electron chi connectivity index (χ4n) is 1.86. The molecule has 0 atom stereocenters. The van der Waals surface area contributed by atoms with Gasteiger partial charge in [-0.1, -0.05) is 12.1 Å². The molecule has 75 valence electrons. The van der Waals surface area contributed by atoms with Crippen molar-refractivity contribution in [3.05, 3.63) is 42.1 Å². The third-order valence-corrected chi connectivity index (χ3v) is 2.68. The molecule has 1 radical (unpaired) electrons. The van der Waals surface area contributed by atoms with E-state index in [9.17, 15) is 4.39 Å². The van der Waals surface area contributed by atoms with E-state index in [0.29, 0.717) is 5.92 Å². The fourth-order valence-corrected chi connectivity index (χ4v) is 1.86. The van der Waals surface area contributed by atoms with Crippen molar-refractivity contribution in [2.45, 2.75) is 12.8 Å². The van der Waals surface area contributed by atoms with Gasteiger partial charge >= 0.3 is 0 Å². The van der Waals surface area contributed by atoms with E-state index in [1.54, 1.807) is 0 Å². The first-order chi connectivity index (χ1) is 6.84. The van der Waals surface area contributed by atoms with Crippen LogP contribution < -0.4 is 5.32 Å². The van der Waals surface area contributed by atoms with Gasteiger partial charge < -0.3 is 5.32 Å². The van der Waals surface area contributed by atoms with E-state index in [2.05, 4.69) is 11.7 Å². The maximum Gasteiger partial charge on any atom is 0.123 e. The summed E-state index contributed by atoms with van der Waals surface area (Å²) in [5.41, 5.74) is 1.14. The second-order valence-electron chi connectivity index (χ2n) is 3.81. The van der Waals surface area contributed by atoms with Gasteiger partial charge in [-0.05, 0) is 56.0 Å². The van der Waals surface area contributed by atoms with E-state index in [1.807, 2.05) is 12.1 Å². The molecule has 0 amide bonds. The highest BCUT2D eigenvalue weighted by Crippen LogP contribution is 2.19. The molecule has 1 aromatic carbocycles. The summed E-state index contributed by atoms with van der Waals surface area (Å²) in [6.07, 6.45) is 4.63. The smallest absolute Gasteiger partial charge is 0.123 e. The Kier molecular flexibility index (Phi) is 3.14. The number of benzene rings is 1. The number of hydrogen-bond acceptors (Lipinski definition) is 1. The lowest BCUT2D eigenvalue weighted by Crippen LogP contribution is -2.28. The van der Waals surface area contributed by atoms with E-state index in [4.69, 9.17) is 0 Å². The predicted octanol–water partition coefficient (Wildman–Crippen LogP) is 2.38. The van der Waals surface area contributed by atoms with Gasteiger partial charge in [0.25, 0.3) is 0 Å². The summed E-state index contributed by atoms with van der Waals surface area (Å²) in [4.78, 5) is 0. The Morgan fingerprint density at radius 3 is 2.43 bits per heavy atom. The molecule has 1 aromatic rings. The molecule has 14 heavy (non-hydrogen) atoms. The van der Waals surface area contributed by atoms with Crippen molar-refractivity contribution < 1.29 is 4.39 Å². The minimum absolute atomic E-state index is 0.160. The van der Waals surface area contributed by atoms with Gasteiger partial charge in [-0.25, -0.2) is 4.39 Å². The van der Waals surface area contributed by atoms with Gasteiger partial charge in [-0.15, -0.1) is 0 Å². The number of nitrogens with one attached hydrogen (secondary N) is 1. The minimum Gasteiger partial charge on any atom is -0.317 e. The van der Waals surface area contributed by atoms with Crippen LogP contribution in [0.3, 0.4) is 0 Å². The number of halogens is 1. The second-order valence-corrected chi connectivity index (χ2v) is 3.81. The lowest BCUT2D eigenvalue weighted by Gasteiger charge is -2.22. The van der Waals surface area contributed by atoms with Crippen molar-refractivity contribution in [1.29, 1.82) is 0 Å². The molecule has 2 heteroatoms. The average molecular weight is 192 g/mol. The molecule has 1 N–H and O–H groups in total. The van der Waals surface area contributed by atoms with Gasteiger partial charge in [0.15, 0.2) is 0 Å². The van der Waals surface area contributed by atoms with Gasteiger partial charge in [-0.3, -0.25) is 0 Å². The van der Waals surface area contributed by atoms with Crippen molar-refractivity contribution >= 4 is 0 Å². The number of rotatable bonds is 2. The van der Waals surface area contributed by atoms with Crippen LogP contribution in [-0.4, -0.2) is 13.1 Å². The first kappa shape index (κ1) is 9.66. The zero-order valence-corrected chi connectivity index (χ0v) is 8.17. The normalized spacial score (nSPS) is 18.4. The van der Waals surface area contributed by atoms with E-state index in [-0.39, 0.29) is 5.82 Å². The Labute approximate surface area is 84.3 Å². The zero-order chi connectivity index (χ0) is 9.80. The van der Waals surface area contributed by atoms with Crippen LogP contribution in [0.25, 0.3) is 0 Å². The van der Waals surface area contributed by atoms with Gasteiger partial charge in [0.05, 0.1) is 0 Å². The van der Waals surface area contributed by atoms with Crippen LogP contribution in [0.4, 0.5) is 4.39 Å². The highest BCUT2D eigenvalue weighted by Gasteiger charge is 2.13. The summed E-state index contributed by atoms with van der Waals surface area (Å²) < 4.78 is 12.6. The number of hydrogen-bond donors (Lipinski definition) is 1. The second kappa shape index (κ2) is 4.56. The lowest BCUT2D eigenvalue weighted by molar-refractivity contribution is 0.420. The average Bonchev–Trinajstić information content (AvgIpc) is 2.23. The van der Waals surface area contributed by atoms with Crippen molar-refractivity contribution in [3.8, 4) is 0 Å².